The fourth-order valence-corrected chi connectivity index (χ4v) is 1.81. The number of furan rings is 1. The Morgan fingerprint density at radius 3 is 3.05 bits per heavy atom. The van der Waals surface area contributed by atoms with Crippen molar-refractivity contribution in [1.29, 1.82) is 0 Å². The van der Waals surface area contributed by atoms with E-state index in [1.807, 2.05) is 12.1 Å². The summed E-state index contributed by atoms with van der Waals surface area (Å²) in [5.74, 6) is 1.03. The summed E-state index contributed by atoms with van der Waals surface area (Å²) in [7, 11) is 1.34. The Morgan fingerprint density at radius 1 is 1.42 bits per heavy atom. The largest absolute Gasteiger partial charge is 0.469 e. The van der Waals surface area contributed by atoms with Gasteiger partial charge in [-0.15, -0.1) is 0 Å². The molecule has 3 heterocycles. The highest BCUT2D eigenvalue weighted by molar-refractivity contribution is 5.89. The maximum absolute atomic E-state index is 11.4. The monoisotopic (exact) mass is 257 g/mol. The Labute approximate surface area is 108 Å². The fourth-order valence-electron chi connectivity index (χ4n) is 1.81. The molecule has 6 heteroatoms. The summed E-state index contributed by atoms with van der Waals surface area (Å²) in [6, 6.07) is 7.07. The van der Waals surface area contributed by atoms with Gasteiger partial charge in [-0.1, -0.05) is 0 Å². The number of pyridine rings is 1. The highest BCUT2D eigenvalue weighted by Crippen LogP contribution is 2.10. The zero-order chi connectivity index (χ0) is 13.2. The first-order chi connectivity index (χ1) is 9.26. The van der Waals surface area contributed by atoms with Crippen molar-refractivity contribution in [3.63, 3.8) is 0 Å². The standard InChI is InChI=1S/C13H11N3O3/c1-18-13(17)9-4-5-12-14-11(15-16(12)8-9)7-10-3-2-6-19-10/h2-6,8H,7H2,1H3. The molecule has 0 atom stereocenters. The molecule has 0 aromatic carbocycles. The molecule has 0 fully saturated rings. The third-order valence-corrected chi connectivity index (χ3v) is 2.71. The van der Waals surface area contributed by atoms with Gasteiger partial charge in [0.25, 0.3) is 0 Å². The van der Waals surface area contributed by atoms with Crippen LogP contribution in [0.15, 0.2) is 41.1 Å². The molecule has 0 aliphatic carbocycles. The Balaban J connectivity index is 1.94. The maximum atomic E-state index is 11.4. The molecule has 0 N–H and O–H groups in total. The molecule has 0 spiro atoms. The number of hydrogen-bond acceptors (Lipinski definition) is 5. The molecule has 3 rings (SSSR count). The quantitative estimate of drug-likeness (QED) is 0.668. The van der Waals surface area contributed by atoms with Gasteiger partial charge in [0.15, 0.2) is 11.5 Å². The second-order valence-corrected chi connectivity index (χ2v) is 4.00. The number of rotatable bonds is 3. The van der Waals surface area contributed by atoms with Gasteiger partial charge in [0.05, 0.1) is 25.4 Å². The van der Waals surface area contributed by atoms with E-state index in [9.17, 15) is 4.79 Å². The van der Waals surface area contributed by atoms with Crippen molar-refractivity contribution in [3.05, 3.63) is 53.9 Å². The summed E-state index contributed by atoms with van der Waals surface area (Å²) in [5, 5.41) is 4.30. The van der Waals surface area contributed by atoms with Crippen LogP contribution in [0.5, 0.6) is 0 Å². The van der Waals surface area contributed by atoms with Crippen molar-refractivity contribution in [3.8, 4) is 0 Å². The predicted octanol–water partition coefficient (Wildman–Crippen LogP) is 1.70. The smallest absolute Gasteiger partial charge is 0.339 e. The van der Waals surface area contributed by atoms with E-state index in [1.54, 1.807) is 29.1 Å². The van der Waals surface area contributed by atoms with Gasteiger partial charge in [0, 0.05) is 6.20 Å². The lowest BCUT2D eigenvalue weighted by atomic mass is 10.3. The van der Waals surface area contributed by atoms with Crippen LogP contribution in [0.4, 0.5) is 0 Å². The van der Waals surface area contributed by atoms with Gasteiger partial charge in [-0.3, -0.25) is 0 Å². The van der Waals surface area contributed by atoms with Crippen molar-refractivity contribution in [2.75, 3.05) is 7.11 Å². The summed E-state index contributed by atoms with van der Waals surface area (Å²) in [5.41, 5.74) is 1.11. The maximum Gasteiger partial charge on any atom is 0.339 e. The Morgan fingerprint density at radius 2 is 2.32 bits per heavy atom. The number of fused-ring (bicyclic) bond motifs is 1. The second-order valence-electron chi connectivity index (χ2n) is 4.00. The molecular formula is C13H11N3O3. The first-order valence-corrected chi connectivity index (χ1v) is 5.72. The molecule has 6 nitrogen and oxygen atoms in total. The van der Waals surface area contributed by atoms with Crippen molar-refractivity contribution < 1.29 is 13.9 Å². The second kappa shape index (κ2) is 4.56. The van der Waals surface area contributed by atoms with Crippen LogP contribution >= 0.6 is 0 Å². The minimum atomic E-state index is -0.398. The van der Waals surface area contributed by atoms with Crippen LogP contribution in [0, 0.1) is 0 Å². The molecule has 0 saturated heterocycles. The van der Waals surface area contributed by atoms with E-state index in [4.69, 9.17) is 4.42 Å². The first kappa shape index (κ1) is 11.5. The van der Waals surface area contributed by atoms with Gasteiger partial charge in [-0.05, 0) is 24.3 Å². The Kier molecular flexibility index (Phi) is 2.75. The summed E-state index contributed by atoms with van der Waals surface area (Å²) < 4.78 is 11.5. The lowest BCUT2D eigenvalue weighted by Crippen LogP contribution is -2.03. The predicted molar refractivity (Wildman–Crippen MR) is 65.8 cm³/mol. The zero-order valence-corrected chi connectivity index (χ0v) is 10.2. The summed E-state index contributed by atoms with van der Waals surface area (Å²) >= 11 is 0. The molecule has 0 bridgehead atoms. The van der Waals surface area contributed by atoms with Crippen LogP contribution in [0.2, 0.25) is 0 Å². The van der Waals surface area contributed by atoms with Gasteiger partial charge < -0.3 is 9.15 Å². The zero-order valence-electron chi connectivity index (χ0n) is 10.2. The SMILES string of the molecule is COC(=O)c1ccc2nc(Cc3ccco3)nn2c1. The van der Waals surface area contributed by atoms with E-state index in [-0.39, 0.29) is 0 Å². The van der Waals surface area contributed by atoms with Gasteiger partial charge in [-0.25, -0.2) is 14.3 Å². The number of carbonyl (C=O) groups excluding carboxylic acids is 1. The molecule has 0 amide bonds. The van der Waals surface area contributed by atoms with Crippen molar-refractivity contribution in [1.82, 2.24) is 14.6 Å². The van der Waals surface area contributed by atoms with E-state index in [1.165, 1.54) is 7.11 Å². The molecular weight excluding hydrogens is 246 g/mol. The van der Waals surface area contributed by atoms with Crippen LogP contribution in [0.1, 0.15) is 21.9 Å². The highest BCUT2D eigenvalue weighted by atomic mass is 16.5. The molecule has 0 aliphatic heterocycles. The van der Waals surface area contributed by atoms with Crippen LogP contribution in [-0.2, 0) is 11.2 Å². The van der Waals surface area contributed by atoms with Crippen molar-refractivity contribution in [2.24, 2.45) is 0 Å². The topological polar surface area (TPSA) is 69.6 Å². The minimum Gasteiger partial charge on any atom is -0.469 e. The lowest BCUT2D eigenvalue weighted by Gasteiger charge is -1.98. The number of methoxy groups -OCH3 is 1. The summed E-state index contributed by atoms with van der Waals surface area (Å²) in [6.07, 6.45) is 3.72. The van der Waals surface area contributed by atoms with Crippen LogP contribution in [0.3, 0.4) is 0 Å². The number of carbonyl (C=O) groups is 1. The molecule has 0 aliphatic rings. The molecule has 3 aromatic rings. The molecule has 0 unspecified atom stereocenters. The van der Waals surface area contributed by atoms with Crippen LogP contribution in [-0.4, -0.2) is 27.7 Å². The van der Waals surface area contributed by atoms with Gasteiger partial charge >= 0.3 is 5.97 Å². The number of ether oxygens (including phenoxy) is 1. The average molecular weight is 257 g/mol. The number of aromatic nitrogens is 3. The normalized spacial score (nSPS) is 10.8. The average Bonchev–Trinajstić information content (AvgIpc) is 3.05. The highest BCUT2D eigenvalue weighted by Gasteiger charge is 2.10. The van der Waals surface area contributed by atoms with E-state index in [2.05, 4.69) is 14.8 Å². The molecule has 3 aromatic heterocycles. The van der Waals surface area contributed by atoms with Crippen LogP contribution in [0.25, 0.3) is 5.65 Å². The molecule has 96 valence electrons. The van der Waals surface area contributed by atoms with E-state index >= 15 is 0 Å². The van der Waals surface area contributed by atoms with Gasteiger partial charge in [0.1, 0.15) is 5.76 Å². The lowest BCUT2D eigenvalue weighted by molar-refractivity contribution is 0.0600. The Bertz CT molecular complexity index is 716. The van der Waals surface area contributed by atoms with Gasteiger partial charge in [0.2, 0.25) is 0 Å². The van der Waals surface area contributed by atoms with E-state index < -0.39 is 5.97 Å². The molecule has 0 saturated carbocycles. The third-order valence-electron chi connectivity index (χ3n) is 2.71. The third kappa shape index (κ3) is 2.20. The number of esters is 1. The number of nitrogens with zero attached hydrogens (tertiary/aromatic N) is 3. The van der Waals surface area contributed by atoms with Gasteiger partial charge in [-0.2, -0.15) is 5.10 Å². The summed E-state index contributed by atoms with van der Waals surface area (Å²) in [6.45, 7) is 0. The number of hydrogen-bond donors (Lipinski definition) is 0. The molecule has 0 radical (unpaired) electrons. The fraction of sp³-hybridized carbons (Fsp3) is 0.154. The first-order valence-electron chi connectivity index (χ1n) is 5.72. The Hall–Kier alpha value is -2.63. The minimum absolute atomic E-state index is 0.398. The molecule has 19 heavy (non-hydrogen) atoms. The van der Waals surface area contributed by atoms with E-state index in [0.29, 0.717) is 23.5 Å². The summed E-state index contributed by atoms with van der Waals surface area (Å²) in [4.78, 5) is 15.8. The van der Waals surface area contributed by atoms with E-state index in [0.717, 1.165) is 5.76 Å². The van der Waals surface area contributed by atoms with Crippen LogP contribution < -0.4 is 0 Å². The van der Waals surface area contributed by atoms with Crippen molar-refractivity contribution in [2.45, 2.75) is 6.42 Å². The van der Waals surface area contributed by atoms with Crippen molar-refractivity contribution >= 4 is 11.6 Å².